The van der Waals surface area contributed by atoms with E-state index in [0.717, 1.165) is 6.42 Å². The van der Waals surface area contributed by atoms with E-state index in [1.807, 2.05) is 0 Å². The Kier molecular flexibility index (Phi) is 5.86. The van der Waals surface area contributed by atoms with Crippen LogP contribution in [0.2, 0.25) is 0 Å². The normalized spacial score (nSPS) is 17.2. The molecule has 4 N–H and O–H groups in total. The average molecular weight is 477 g/mol. The summed E-state index contributed by atoms with van der Waals surface area (Å²) in [7, 11) is 0. The highest BCUT2D eigenvalue weighted by atomic mass is 19.1. The largest absolute Gasteiger partial charge is 0.508 e. The minimum absolute atomic E-state index is 0.0150. The number of ketones is 1. The van der Waals surface area contributed by atoms with Crippen LogP contribution in [0.5, 0.6) is 5.75 Å². The molecule has 1 atom stereocenters. The number of nitrogens with zero attached hydrogens (tertiary/aromatic N) is 2. The summed E-state index contributed by atoms with van der Waals surface area (Å²) >= 11 is 0. The summed E-state index contributed by atoms with van der Waals surface area (Å²) < 4.78 is 14.5. The molecule has 1 fully saturated rings. The second-order valence-corrected chi connectivity index (χ2v) is 8.97. The molecule has 3 heterocycles. The number of carbonyl (C=O) groups is 2. The number of aliphatic hydroxyl groups excluding tert-OH is 1. The van der Waals surface area contributed by atoms with E-state index in [0.29, 0.717) is 53.4 Å². The first-order chi connectivity index (χ1) is 16.8. The summed E-state index contributed by atoms with van der Waals surface area (Å²) in [6.45, 7) is 2.47. The van der Waals surface area contributed by atoms with Gasteiger partial charge in [0.2, 0.25) is 0 Å². The van der Waals surface area contributed by atoms with Crippen LogP contribution in [0.1, 0.15) is 44.7 Å². The standard InChI is InChI=1S/C26H25FN4O4/c1-14-9-18(27)21(12-22(14)33)29-20-6-7-28-25-24(20)23(34)11-16-10-15(4-5-19(16)30-25)26(35)31-8-2-3-17(32)13-31/h4-7,9-10,12,17,32-33H,2-3,8,11,13H2,1H3,(H2,28,29,30). The summed E-state index contributed by atoms with van der Waals surface area (Å²) in [5.41, 5.74) is 2.78. The molecule has 2 aliphatic heterocycles. The first kappa shape index (κ1) is 22.8. The zero-order valence-electron chi connectivity index (χ0n) is 19.1. The van der Waals surface area contributed by atoms with Gasteiger partial charge in [-0.2, -0.15) is 0 Å². The van der Waals surface area contributed by atoms with Gasteiger partial charge in [-0.1, -0.05) is 0 Å². The lowest BCUT2D eigenvalue weighted by Gasteiger charge is -2.30. The third kappa shape index (κ3) is 4.42. The van der Waals surface area contributed by atoms with Crippen LogP contribution in [0.4, 0.5) is 27.3 Å². The van der Waals surface area contributed by atoms with Gasteiger partial charge in [-0.05, 0) is 61.2 Å². The van der Waals surface area contributed by atoms with E-state index in [1.54, 1.807) is 36.1 Å². The number of aromatic hydroxyl groups is 1. The second-order valence-electron chi connectivity index (χ2n) is 8.97. The van der Waals surface area contributed by atoms with E-state index in [-0.39, 0.29) is 35.1 Å². The van der Waals surface area contributed by atoms with Crippen molar-refractivity contribution in [1.82, 2.24) is 9.88 Å². The van der Waals surface area contributed by atoms with Crippen molar-refractivity contribution in [1.29, 1.82) is 0 Å². The molecular formula is C26H25FN4O4. The maximum atomic E-state index is 14.5. The number of aliphatic hydroxyl groups is 1. The van der Waals surface area contributed by atoms with Gasteiger partial charge in [-0.25, -0.2) is 9.37 Å². The molecule has 2 aliphatic rings. The van der Waals surface area contributed by atoms with E-state index >= 15 is 0 Å². The lowest BCUT2D eigenvalue weighted by molar-refractivity contribution is 0.0473. The number of phenols is 1. The predicted molar refractivity (Wildman–Crippen MR) is 129 cm³/mol. The van der Waals surface area contributed by atoms with Crippen molar-refractivity contribution in [2.75, 3.05) is 23.7 Å². The monoisotopic (exact) mass is 476 g/mol. The Morgan fingerprint density at radius 3 is 2.86 bits per heavy atom. The number of amides is 1. The number of fused-ring (bicyclic) bond motifs is 2. The van der Waals surface area contributed by atoms with Gasteiger partial charge in [0.05, 0.1) is 23.0 Å². The van der Waals surface area contributed by atoms with Crippen LogP contribution in [0, 0.1) is 12.7 Å². The third-order valence-corrected chi connectivity index (χ3v) is 6.42. The van der Waals surface area contributed by atoms with Gasteiger partial charge in [0, 0.05) is 43.0 Å². The molecule has 1 unspecified atom stereocenters. The molecule has 0 radical (unpaired) electrons. The van der Waals surface area contributed by atoms with E-state index < -0.39 is 11.9 Å². The average Bonchev–Trinajstić information content (AvgIpc) is 2.97. The summed E-state index contributed by atoms with van der Waals surface area (Å²) in [4.78, 5) is 32.2. The van der Waals surface area contributed by atoms with E-state index in [4.69, 9.17) is 0 Å². The van der Waals surface area contributed by atoms with Crippen molar-refractivity contribution >= 4 is 34.6 Å². The summed E-state index contributed by atoms with van der Waals surface area (Å²) in [5, 5.41) is 26.0. The van der Waals surface area contributed by atoms with Crippen LogP contribution in [-0.2, 0) is 6.42 Å². The molecule has 180 valence electrons. The third-order valence-electron chi connectivity index (χ3n) is 6.42. The molecule has 0 saturated carbocycles. The number of piperidine rings is 1. The van der Waals surface area contributed by atoms with Gasteiger partial charge in [0.25, 0.3) is 5.91 Å². The van der Waals surface area contributed by atoms with Crippen LogP contribution < -0.4 is 10.6 Å². The molecule has 1 aromatic heterocycles. The fourth-order valence-electron chi connectivity index (χ4n) is 4.55. The van der Waals surface area contributed by atoms with Gasteiger partial charge in [0.1, 0.15) is 17.4 Å². The Morgan fingerprint density at radius 1 is 1.23 bits per heavy atom. The number of Topliss-reactive ketones (excluding diaryl/α,β-unsaturated/α-hetero) is 1. The van der Waals surface area contributed by atoms with Crippen molar-refractivity contribution < 1.29 is 24.2 Å². The number of benzene rings is 2. The summed E-state index contributed by atoms with van der Waals surface area (Å²) in [6.07, 6.45) is 2.41. The zero-order valence-corrected chi connectivity index (χ0v) is 19.1. The molecule has 2 aromatic carbocycles. The molecule has 5 rings (SSSR count). The number of aromatic nitrogens is 1. The number of likely N-dealkylation sites (tertiary alicyclic amines) is 1. The molecule has 3 aromatic rings. The Labute approximate surface area is 201 Å². The molecule has 0 bridgehead atoms. The van der Waals surface area contributed by atoms with Gasteiger partial charge < -0.3 is 25.7 Å². The minimum Gasteiger partial charge on any atom is -0.508 e. The number of phenolic OH excluding ortho intramolecular Hbond substituents is 1. The van der Waals surface area contributed by atoms with Crippen molar-refractivity contribution in [3.63, 3.8) is 0 Å². The summed E-state index contributed by atoms with van der Waals surface area (Å²) in [5.74, 6) is -0.750. The molecule has 8 nitrogen and oxygen atoms in total. The molecule has 1 saturated heterocycles. The van der Waals surface area contributed by atoms with Crippen LogP contribution >= 0.6 is 0 Å². The predicted octanol–water partition coefficient (Wildman–Crippen LogP) is 4.06. The van der Waals surface area contributed by atoms with E-state index in [9.17, 15) is 24.2 Å². The Hall–Kier alpha value is -3.98. The first-order valence-electron chi connectivity index (χ1n) is 11.5. The molecule has 0 aliphatic carbocycles. The van der Waals surface area contributed by atoms with Gasteiger partial charge >= 0.3 is 0 Å². The van der Waals surface area contributed by atoms with Crippen LogP contribution in [0.3, 0.4) is 0 Å². The highest BCUT2D eigenvalue weighted by Gasteiger charge is 2.27. The number of halogens is 1. The number of aryl methyl sites for hydroxylation is 1. The fraction of sp³-hybridized carbons (Fsp3) is 0.269. The van der Waals surface area contributed by atoms with E-state index in [2.05, 4.69) is 15.6 Å². The number of hydrogen-bond acceptors (Lipinski definition) is 7. The van der Waals surface area contributed by atoms with Crippen LogP contribution in [0.15, 0.2) is 42.6 Å². The number of pyridine rings is 1. The van der Waals surface area contributed by atoms with Crippen LogP contribution in [-0.4, -0.2) is 51.0 Å². The molecule has 1 amide bonds. The number of carbonyl (C=O) groups excluding carboxylic acids is 2. The highest BCUT2D eigenvalue weighted by Crippen LogP contribution is 2.35. The quantitative estimate of drug-likeness (QED) is 0.451. The van der Waals surface area contributed by atoms with Gasteiger partial charge in [0.15, 0.2) is 5.78 Å². The van der Waals surface area contributed by atoms with Crippen LogP contribution in [0.25, 0.3) is 0 Å². The van der Waals surface area contributed by atoms with Gasteiger partial charge in [-0.15, -0.1) is 0 Å². The topological polar surface area (TPSA) is 115 Å². The Morgan fingerprint density at radius 2 is 2.06 bits per heavy atom. The number of nitrogens with one attached hydrogen (secondary N) is 2. The maximum absolute atomic E-state index is 14.5. The number of hydrogen-bond donors (Lipinski definition) is 4. The first-order valence-corrected chi connectivity index (χ1v) is 11.5. The van der Waals surface area contributed by atoms with E-state index in [1.165, 1.54) is 18.3 Å². The number of rotatable bonds is 3. The van der Waals surface area contributed by atoms with Crippen molar-refractivity contribution in [2.45, 2.75) is 32.3 Å². The highest BCUT2D eigenvalue weighted by molar-refractivity contribution is 6.09. The minimum atomic E-state index is -0.561. The summed E-state index contributed by atoms with van der Waals surface area (Å²) in [6, 6.07) is 9.19. The second kappa shape index (κ2) is 8.99. The van der Waals surface area contributed by atoms with Crippen molar-refractivity contribution in [3.8, 4) is 5.75 Å². The smallest absolute Gasteiger partial charge is 0.253 e. The van der Waals surface area contributed by atoms with Gasteiger partial charge in [-0.3, -0.25) is 9.59 Å². The van der Waals surface area contributed by atoms with Crippen molar-refractivity contribution in [3.05, 3.63) is 70.7 Å². The molecule has 0 spiro atoms. The SMILES string of the molecule is Cc1cc(F)c(Nc2ccnc3c2C(=O)Cc2cc(C(=O)N4CCCC(O)C4)ccc2N3)cc1O. The zero-order chi connectivity index (χ0) is 24.7. The number of anilines is 4. The molecular weight excluding hydrogens is 451 g/mol. The lowest BCUT2D eigenvalue weighted by atomic mass is 10.00. The van der Waals surface area contributed by atoms with Crippen molar-refractivity contribution in [2.24, 2.45) is 0 Å². The lowest BCUT2D eigenvalue weighted by Crippen LogP contribution is -2.42. The molecule has 9 heteroatoms. The Bertz CT molecular complexity index is 1340. The fourth-order valence-corrected chi connectivity index (χ4v) is 4.55. The Balaban J connectivity index is 1.45. The molecule has 35 heavy (non-hydrogen) atoms. The maximum Gasteiger partial charge on any atom is 0.253 e. The number of β-amino-alcohol motifs (C(OH)–C–C–N with tert-alkyl or cyclic N) is 1.